The van der Waals surface area contributed by atoms with Gasteiger partial charge >= 0.3 is 0 Å². The molecule has 0 aromatic heterocycles. The Kier molecular flexibility index (Phi) is 25.2. The van der Waals surface area contributed by atoms with Crippen LogP contribution in [-0.2, 0) is 0 Å². The van der Waals surface area contributed by atoms with Crippen LogP contribution in [-0.4, -0.2) is 78.9 Å². The summed E-state index contributed by atoms with van der Waals surface area (Å²) in [5, 5.41) is 13.6. The molecular formula is C50H79I2N7O6. The quantitative estimate of drug-likeness (QED) is 0.0129. The molecule has 0 radical (unpaired) electrons. The molecule has 0 saturated heterocycles. The van der Waals surface area contributed by atoms with Gasteiger partial charge in [-0.1, -0.05) is 27.7 Å². The van der Waals surface area contributed by atoms with Gasteiger partial charge < -0.3 is 42.2 Å². The molecule has 0 heterocycles. The topological polar surface area (TPSA) is 199 Å². The lowest BCUT2D eigenvalue weighted by Crippen LogP contribution is -2.44. The second-order valence-electron chi connectivity index (χ2n) is 19.0. The number of amides is 2. The highest BCUT2D eigenvalue weighted by molar-refractivity contribution is 14.1. The lowest BCUT2D eigenvalue weighted by atomic mass is 9.83. The van der Waals surface area contributed by atoms with Gasteiger partial charge in [-0.3, -0.25) is 22.7 Å². The third-order valence-electron chi connectivity index (χ3n) is 12.7. The maximum atomic E-state index is 14.3. The second kappa shape index (κ2) is 29.9. The molecule has 13 nitrogen and oxygen atoms in total. The van der Waals surface area contributed by atoms with Crippen LogP contribution >= 0.6 is 45.5 Å². The van der Waals surface area contributed by atoms with Gasteiger partial charge in [0, 0.05) is 106 Å². The first-order chi connectivity index (χ1) is 31.3. The van der Waals surface area contributed by atoms with Crippen molar-refractivity contribution in [2.45, 2.75) is 161 Å². The van der Waals surface area contributed by atoms with E-state index in [1.807, 2.05) is 12.1 Å². The summed E-state index contributed by atoms with van der Waals surface area (Å²) in [6.45, 7) is 12.2. The first-order valence-electron chi connectivity index (χ1n) is 24.5. The molecule has 0 aliphatic heterocycles. The van der Waals surface area contributed by atoms with Gasteiger partial charge in [0.2, 0.25) is 3.79 Å². The van der Waals surface area contributed by atoms with Crippen LogP contribution in [0.25, 0.3) is 0 Å². The number of ether oxygens (including phenoxy) is 2. The van der Waals surface area contributed by atoms with Crippen LogP contribution in [0.5, 0.6) is 11.5 Å². The van der Waals surface area contributed by atoms with Crippen LogP contribution in [0.3, 0.4) is 0 Å². The minimum Gasteiger partial charge on any atom is -0.493 e. The van der Waals surface area contributed by atoms with Crippen molar-refractivity contribution in [2.24, 2.45) is 29.2 Å². The van der Waals surface area contributed by atoms with Crippen molar-refractivity contribution >= 4 is 78.2 Å². The Hall–Kier alpha value is -2.74. The molecule has 0 atom stereocenters. The predicted octanol–water partition coefficient (Wildman–Crippen LogP) is 10.1. The molecule has 2 saturated carbocycles. The third-order valence-corrected chi connectivity index (χ3v) is 14.2. The maximum Gasteiger partial charge on any atom is 0.255 e. The molecule has 2 aromatic carbocycles. The summed E-state index contributed by atoms with van der Waals surface area (Å²) in [4.78, 5) is 55.2. The molecular weight excluding hydrogens is 1050 g/mol. The van der Waals surface area contributed by atoms with Crippen molar-refractivity contribution in [3.63, 3.8) is 0 Å². The van der Waals surface area contributed by atoms with Crippen molar-refractivity contribution in [1.82, 2.24) is 14.2 Å². The van der Waals surface area contributed by atoms with E-state index in [4.69, 9.17) is 20.9 Å². The average molecular weight is 1130 g/mol. The van der Waals surface area contributed by atoms with Crippen molar-refractivity contribution in [3.05, 3.63) is 46.5 Å². The number of ketones is 1. The summed E-state index contributed by atoms with van der Waals surface area (Å²) >= 11 is 3.98. The number of carbonyl (C=O) groups excluding carboxylic acids is 4. The van der Waals surface area contributed by atoms with Crippen LogP contribution < -0.4 is 45.7 Å². The molecule has 0 spiro atoms. The molecule has 2 aliphatic carbocycles. The Labute approximate surface area is 417 Å². The zero-order valence-corrected chi connectivity index (χ0v) is 43.9. The lowest BCUT2D eigenvalue weighted by molar-refractivity contribution is 0.0889. The van der Waals surface area contributed by atoms with Gasteiger partial charge in [0.25, 0.3) is 11.8 Å². The molecule has 364 valence electrons. The fraction of sp³-hybridized carbons (Fsp3) is 0.680. The number of benzene rings is 2. The smallest absolute Gasteiger partial charge is 0.255 e. The summed E-state index contributed by atoms with van der Waals surface area (Å²) in [7, 11) is 0. The number of nitrogens with one attached hydrogen (secondary N) is 5. The zero-order valence-electron chi connectivity index (χ0n) is 39.6. The lowest BCUT2D eigenvalue weighted by Gasteiger charge is -2.30. The Morgan fingerprint density at radius 2 is 1.09 bits per heavy atom. The summed E-state index contributed by atoms with van der Waals surface area (Å²) in [5.74, 6) is 1.85. The number of hydrogen-bond acceptors (Lipinski definition) is 11. The Bertz CT molecular complexity index is 1800. The highest BCUT2D eigenvalue weighted by Crippen LogP contribution is 2.34. The van der Waals surface area contributed by atoms with E-state index in [0.717, 1.165) is 101 Å². The monoisotopic (exact) mass is 1130 g/mol. The van der Waals surface area contributed by atoms with Gasteiger partial charge in [-0.05, 0) is 158 Å². The molecule has 2 fully saturated rings. The van der Waals surface area contributed by atoms with Gasteiger partial charge in [0.1, 0.15) is 11.5 Å². The van der Waals surface area contributed by atoms with Gasteiger partial charge in [-0.15, -0.1) is 0 Å². The van der Waals surface area contributed by atoms with Gasteiger partial charge in [-0.2, -0.15) is 0 Å². The molecule has 2 aromatic rings. The molecule has 0 bridgehead atoms. The summed E-state index contributed by atoms with van der Waals surface area (Å²) < 4.78 is 15.4. The van der Waals surface area contributed by atoms with Crippen molar-refractivity contribution in [3.8, 4) is 11.5 Å². The fourth-order valence-electron chi connectivity index (χ4n) is 8.58. The number of rotatable bonds is 30. The average Bonchev–Trinajstić information content (AvgIpc) is 3.28. The van der Waals surface area contributed by atoms with E-state index >= 15 is 0 Å². The highest BCUT2D eigenvalue weighted by Gasteiger charge is 2.29. The van der Waals surface area contributed by atoms with Crippen molar-refractivity contribution < 1.29 is 28.7 Å². The fourth-order valence-corrected chi connectivity index (χ4v) is 9.63. The Morgan fingerprint density at radius 3 is 1.58 bits per heavy atom. The Balaban J connectivity index is 1.48. The number of anilines is 2. The molecule has 0 unspecified atom stereocenters. The standard InChI is InChI=1S/C50H79I2N7O6/c1-33(2)21-25-55-43-31-44(56-26-22-34(3)4)40(29-39(43)45(60)20-13-35-11-14-38(59-52)15-12-35)49(62)57-36-16-18-37(19-17-36)58-50(63)42-30-41(48(51)61)46(64-27-9-5-7-23-53)32-47(42)65-28-10-6-8-24-54/h29-38,55-56,59H,5-28,53-54H2,1-4H3,(H,57,62)(H,58,63). The van der Waals surface area contributed by atoms with Gasteiger partial charge in [-0.25, -0.2) is 0 Å². The van der Waals surface area contributed by atoms with E-state index in [2.05, 4.69) is 75.4 Å². The van der Waals surface area contributed by atoms with Crippen molar-refractivity contribution in [2.75, 3.05) is 50.0 Å². The van der Waals surface area contributed by atoms with E-state index in [9.17, 15) is 19.2 Å². The van der Waals surface area contributed by atoms with Crippen molar-refractivity contribution in [1.29, 1.82) is 0 Å². The largest absolute Gasteiger partial charge is 0.493 e. The first kappa shape index (κ1) is 54.9. The van der Waals surface area contributed by atoms with E-state index in [1.54, 1.807) is 34.7 Å². The summed E-state index contributed by atoms with van der Waals surface area (Å²) in [6.07, 6.45) is 15.5. The number of nitrogens with two attached hydrogens (primary N) is 2. The number of Topliss-reactive ketones (excluding diaryl/α,β-unsaturated/α-hetero) is 1. The van der Waals surface area contributed by atoms with Crippen LogP contribution in [0.4, 0.5) is 11.4 Å². The van der Waals surface area contributed by atoms with E-state index < -0.39 is 0 Å². The molecule has 2 amide bonds. The predicted molar refractivity (Wildman–Crippen MR) is 281 cm³/mol. The summed E-state index contributed by atoms with van der Waals surface area (Å²) in [5.41, 5.74) is 14.5. The number of hydrogen-bond donors (Lipinski definition) is 7. The Morgan fingerprint density at radius 1 is 0.615 bits per heavy atom. The molecule has 2 aliphatic rings. The minimum atomic E-state index is -0.315. The number of halogens is 2. The van der Waals surface area contributed by atoms with Crippen LogP contribution in [0.1, 0.15) is 185 Å². The molecule has 65 heavy (non-hydrogen) atoms. The number of carbonyl (C=O) groups is 4. The summed E-state index contributed by atoms with van der Waals surface area (Å²) in [6, 6.07) is 7.37. The van der Waals surface area contributed by atoms with Gasteiger partial charge in [0.15, 0.2) is 5.78 Å². The van der Waals surface area contributed by atoms with E-state index in [0.29, 0.717) is 123 Å². The molecule has 9 N–H and O–H groups in total. The van der Waals surface area contributed by atoms with E-state index in [1.165, 1.54) is 0 Å². The zero-order chi connectivity index (χ0) is 47.1. The van der Waals surface area contributed by atoms with Crippen LogP contribution in [0, 0.1) is 17.8 Å². The van der Waals surface area contributed by atoms with Crippen LogP contribution in [0.2, 0.25) is 0 Å². The third kappa shape index (κ3) is 19.1. The first-order valence-corrected chi connectivity index (χ1v) is 26.7. The van der Waals surface area contributed by atoms with Gasteiger partial charge in [0.05, 0.1) is 29.9 Å². The van der Waals surface area contributed by atoms with Crippen LogP contribution in [0.15, 0.2) is 24.3 Å². The highest BCUT2D eigenvalue weighted by atomic mass is 127. The SMILES string of the molecule is CC(C)CCNc1cc(NCCC(C)C)c(C(=O)NC2CCC(NC(=O)c3cc(C(=O)I)c(OCCCCCN)cc3OCCCCCN)CC2)cc1C(=O)CCC1CCC(NI)CC1. The second-order valence-corrected chi connectivity index (χ2v) is 20.6. The molecule has 4 rings (SSSR count). The molecule has 15 heteroatoms. The normalized spacial score (nSPS) is 18.6. The number of unbranched alkanes of at least 4 members (excludes halogenated alkanes) is 4. The van der Waals surface area contributed by atoms with E-state index in [-0.39, 0.29) is 33.5 Å². The minimum absolute atomic E-state index is 0.0702. The maximum absolute atomic E-state index is 14.3.